The van der Waals surface area contributed by atoms with E-state index in [2.05, 4.69) is 28.1 Å². The third kappa shape index (κ3) is 4.95. The minimum Gasteiger partial charge on any atom is -0.494 e. The van der Waals surface area contributed by atoms with E-state index in [4.69, 9.17) is 9.47 Å². The first-order valence-electron chi connectivity index (χ1n) is 10.2. The number of aryl methyl sites for hydroxylation is 1. The number of carbonyl (C=O) groups is 1. The van der Waals surface area contributed by atoms with Crippen molar-refractivity contribution in [2.45, 2.75) is 48.7 Å². The summed E-state index contributed by atoms with van der Waals surface area (Å²) >= 11 is 3.47. The highest BCUT2D eigenvalue weighted by Crippen LogP contribution is 2.37. The van der Waals surface area contributed by atoms with Crippen LogP contribution < -0.4 is 4.74 Å². The number of Topliss-reactive ketones (excluding diaryl/α,β-unsaturated/α-hetero) is 1. The highest BCUT2D eigenvalue weighted by molar-refractivity contribution is 9.10. The molecule has 0 aromatic heterocycles. The number of carbonyl (C=O) groups excluding carboxylic acids is 1. The Kier molecular flexibility index (Phi) is 7.71. The van der Waals surface area contributed by atoms with Crippen molar-refractivity contribution in [3.63, 3.8) is 0 Å². The van der Waals surface area contributed by atoms with Crippen molar-refractivity contribution in [2.24, 2.45) is 0 Å². The molecule has 30 heavy (non-hydrogen) atoms. The lowest BCUT2D eigenvalue weighted by Crippen LogP contribution is -2.50. The Morgan fingerprint density at radius 3 is 2.47 bits per heavy atom. The average molecular weight is 495 g/mol. The lowest BCUT2D eigenvalue weighted by Gasteiger charge is -2.35. The largest absolute Gasteiger partial charge is 0.494 e. The molecule has 162 valence electrons. The van der Waals surface area contributed by atoms with Gasteiger partial charge in [0.25, 0.3) is 0 Å². The molecule has 1 aliphatic rings. The zero-order valence-corrected chi connectivity index (χ0v) is 19.5. The first kappa shape index (κ1) is 23.0. The number of hydrogen-bond donors (Lipinski definition) is 0. The molecule has 1 fully saturated rings. The third-order valence-electron chi connectivity index (χ3n) is 5.55. The molecule has 0 spiro atoms. The Bertz CT molecular complexity index is 963. The van der Waals surface area contributed by atoms with E-state index in [1.165, 1.54) is 5.56 Å². The average Bonchev–Trinajstić information content (AvgIpc) is 2.77. The van der Waals surface area contributed by atoms with Crippen LogP contribution in [0.2, 0.25) is 0 Å². The van der Waals surface area contributed by atoms with Crippen LogP contribution in [-0.4, -0.2) is 38.8 Å². The van der Waals surface area contributed by atoms with E-state index in [0.717, 1.165) is 17.3 Å². The van der Waals surface area contributed by atoms with Crippen molar-refractivity contribution >= 4 is 31.6 Å². The Morgan fingerprint density at radius 2 is 1.83 bits per heavy atom. The van der Waals surface area contributed by atoms with Crippen molar-refractivity contribution in [3.8, 4) is 5.75 Å². The molecule has 0 saturated carbocycles. The van der Waals surface area contributed by atoms with E-state index in [-0.39, 0.29) is 43.2 Å². The minimum atomic E-state index is -3.81. The molecule has 1 aliphatic heterocycles. The maximum atomic E-state index is 13.3. The van der Waals surface area contributed by atoms with E-state index in [9.17, 15) is 13.2 Å². The fraction of sp³-hybridized carbons (Fsp3) is 0.435. The molecule has 0 unspecified atom stereocenters. The van der Waals surface area contributed by atoms with Gasteiger partial charge < -0.3 is 9.47 Å². The van der Waals surface area contributed by atoms with Gasteiger partial charge in [0, 0.05) is 24.1 Å². The van der Waals surface area contributed by atoms with E-state index < -0.39 is 14.6 Å². The van der Waals surface area contributed by atoms with Crippen molar-refractivity contribution in [2.75, 3.05) is 19.8 Å². The zero-order valence-electron chi connectivity index (χ0n) is 17.1. The summed E-state index contributed by atoms with van der Waals surface area (Å²) in [5.74, 6) is 0.379. The summed E-state index contributed by atoms with van der Waals surface area (Å²) in [4.78, 5) is 12.8. The molecule has 0 amide bonds. The first-order valence-corrected chi connectivity index (χ1v) is 12.5. The molecule has 2 aromatic rings. The summed E-state index contributed by atoms with van der Waals surface area (Å²) in [6, 6.07) is 14.6. The number of ether oxygens (including phenoxy) is 2. The van der Waals surface area contributed by atoms with Crippen molar-refractivity contribution in [1.29, 1.82) is 0 Å². The van der Waals surface area contributed by atoms with Crippen LogP contribution in [0.4, 0.5) is 0 Å². The fourth-order valence-electron chi connectivity index (χ4n) is 3.82. The third-order valence-corrected chi connectivity index (χ3v) is 8.60. The van der Waals surface area contributed by atoms with Gasteiger partial charge in [-0.1, -0.05) is 35.0 Å². The monoisotopic (exact) mass is 494 g/mol. The van der Waals surface area contributed by atoms with Gasteiger partial charge in [0.15, 0.2) is 15.6 Å². The van der Waals surface area contributed by atoms with Gasteiger partial charge in [-0.2, -0.15) is 0 Å². The number of rotatable bonds is 9. The van der Waals surface area contributed by atoms with Crippen molar-refractivity contribution < 1.29 is 22.7 Å². The summed E-state index contributed by atoms with van der Waals surface area (Å²) in [7, 11) is -3.81. The molecule has 0 atom stereocenters. The summed E-state index contributed by atoms with van der Waals surface area (Å²) in [5, 5.41) is 0. The Morgan fingerprint density at radius 1 is 1.13 bits per heavy atom. The highest BCUT2D eigenvalue weighted by atomic mass is 79.9. The Labute approximate surface area is 186 Å². The van der Waals surface area contributed by atoms with Crippen LogP contribution in [0.3, 0.4) is 0 Å². The molecule has 3 rings (SSSR count). The number of hydrogen-bond acceptors (Lipinski definition) is 5. The minimum absolute atomic E-state index is 0.160. The Hall–Kier alpha value is -1.70. The van der Waals surface area contributed by atoms with Crippen LogP contribution in [0, 0.1) is 0 Å². The van der Waals surface area contributed by atoms with Crippen LogP contribution in [-0.2, 0) is 25.8 Å². The molecule has 1 saturated heterocycles. The normalized spacial score (nSPS) is 16.2. The van der Waals surface area contributed by atoms with Gasteiger partial charge >= 0.3 is 0 Å². The second kappa shape index (κ2) is 10.1. The predicted molar refractivity (Wildman–Crippen MR) is 120 cm³/mol. The molecule has 2 aromatic carbocycles. The van der Waals surface area contributed by atoms with Gasteiger partial charge in [-0.3, -0.25) is 4.79 Å². The van der Waals surface area contributed by atoms with Crippen molar-refractivity contribution in [3.05, 3.63) is 58.6 Å². The van der Waals surface area contributed by atoms with E-state index in [1.807, 2.05) is 12.1 Å². The second-order valence-corrected chi connectivity index (χ2v) is 10.6. The molecule has 7 heteroatoms. The van der Waals surface area contributed by atoms with Gasteiger partial charge in [-0.25, -0.2) is 8.42 Å². The smallest absolute Gasteiger partial charge is 0.191 e. The fourth-order valence-corrected chi connectivity index (χ4v) is 6.36. The lowest BCUT2D eigenvalue weighted by atomic mass is 9.92. The molecular formula is C23H27BrO5S. The second-order valence-electron chi connectivity index (χ2n) is 7.44. The van der Waals surface area contributed by atoms with Crippen LogP contribution in [0.5, 0.6) is 5.75 Å². The summed E-state index contributed by atoms with van der Waals surface area (Å²) in [5.41, 5.74) is 1.23. The number of benzene rings is 2. The molecule has 0 N–H and O–H groups in total. The molecule has 1 heterocycles. The van der Waals surface area contributed by atoms with E-state index in [0.29, 0.717) is 12.4 Å². The summed E-state index contributed by atoms with van der Waals surface area (Å²) in [6.07, 6.45) is 2.35. The van der Waals surface area contributed by atoms with Gasteiger partial charge in [0.1, 0.15) is 10.5 Å². The maximum Gasteiger partial charge on any atom is 0.191 e. The van der Waals surface area contributed by atoms with Crippen LogP contribution in [0.1, 0.15) is 38.2 Å². The van der Waals surface area contributed by atoms with Gasteiger partial charge in [-0.05, 0) is 67.6 Å². The lowest BCUT2D eigenvalue weighted by molar-refractivity contribution is -0.123. The Balaban J connectivity index is 1.64. The topological polar surface area (TPSA) is 69.7 Å². The molecule has 0 aliphatic carbocycles. The van der Waals surface area contributed by atoms with Gasteiger partial charge in [-0.15, -0.1) is 0 Å². The van der Waals surface area contributed by atoms with Crippen LogP contribution in [0.15, 0.2) is 57.9 Å². The summed E-state index contributed by atoms with van der Waals surface area (Å²) < 4.78 is 37.5. The van der Waals surface area contributed by atoms with Crippen LogP contribution in [0.25, 0.3) is 0 Å². The maximum absolute atomic E-state index is 13.3. The number of halogens is 1. The van der Waals surface area contributed by atoms with Crippen LogP contribution >= 0.6 is 15.9 Å². The zero-order chi connectivity index (χ0) is 21.6. The summed E-state index contributed by atoms with van der Waals surface area (Å²) in [6.45, 7) is 2.81. The standard InChI is InChI=1S/C23H27BrO5S/c1-2-22(25)23(12-15-28-16-13-23)30(26,27)21-10-8-20(9-11-21)29-14-4-6-18-5-3-7-19(24)17-18/h3,5,7-11,17H,2,4,6,12-16H2,1H3. The molecule has 0 bridgehead atoms. The van der Waals surface area contributed by atoms with Gasteiger partial charge in [0.2, 0.25) is 0 Å². The first-order chi connectivity index (χ1) is 14.4. The highest BCUT2D eigenvalue weighted by Gasteiger charge is 2.50. The quantitative estimate of drug-likeness (QED) is 0.469. The van der Waals surface area contributed by atoms with Crippen molar-refractivity contribution in [1.82, 2.24) is 0 Å². The number of ketones is 1. The van der Waals surface area contributed by atoms with E-state index >= 15 is 0 Å². The molecule has 0 radical (unpaired) electrons. The van der Waals surface area contributed by atoms with E-state index in [1.54, 1.807) is 31.2 Å². The SMILES string of the molecule is CCC(=O)C1(S(=O)(=O)c2ccc(OCCCc3cccc(Br)c3)cc2)CCOCC1. The van der Waals surface area contributed by atoms with Gasteiger partial charge in [0.05, 0.1) is 11.5 Å². The predicted octanol–water partition coefficient (Wildman–Crippen LogP) is 4.76. The number of sulfone groups is 1. The molecular weight excluding hydrogens is 468 g/mol. The molecule has 5 nitrogen and oxygen atoms in total.